The molecule has 1 aliphatic heterocycles. The van der Waals surface area contributed by atoms with Crippen molar-refractivity contribution in [1.29, 1.82) is 0 Å². The number of amides is 2. The Morgan fingerprint density at radius 3 is 2.59 bits per heavy atom. The summed E-state index contributed by atoms with van der Waals surface area (Å²) in [7, 11) is 1.57. The van der Waals surface area contributed by atoms with E-state index in [9.17, 15) is 14.4 Å². The van der Waals surface area contributed by atoms with Crippen LogP contribution in [0.4, 0.5) is 5.69 Å². The monoisotopic (exact) mass is 490 g/mol. The predicted molar refractivity (Wildman–Crippen MR) is 129 cm³/mol. The van der Waals surface area contributed by atoms with E-state index in [1.165, 1.54) is 0 Å². The second-order valence-corrected chi connectivity index (χ2v) is 8.82. The number of benzene rings is 2. The average Bonchev–Trinajstić information content (AvgIpc) is 3.02. The Bertz CT molecular complexity index is 1100. The molecule has 0 atom stereocenters. The van der Waals surface area contributed by atoms with E-state index in [-0.39, 0.29) is 10.9 Å². The number of rotatable bonds is 7. The van der Waals surface area contributed by atoms with Crippen molar-refractivity contribution in [1.82, 2.24) is 4.90 Å². The first-order valence-electron chi connectivity index (χ1n) is 9.38. The Labute approximate surface area is 199 Å². The maximum Gasteiger partial charge on any atom is 0.326 e. The Kier molecular flexibility index (Phi) is 7.89. The third-order valence-electron chi connectivity index (χ3n) is 4.34. The topological polar surface area (TPSA) is 84.9 Å². The second kappa shape index (κ2) is 10.6. The number of thiocarbonyl (C=S) groups is 1. The molecule has 1 saturated heterocycles. The molecule has 0 aromatic heterocycles. The number of aryl methyl sites for hydroxylation is 1. The predicted octanol–water partition coefficient (Wildman–Crippen LogP) is 4.04. The summed E-state index contributed by atoms with van der Waals surface area (Å²) in [6, 6.07) is 12.3. The normalized spacial score (nSPS) is 14.6. The molecule has 0 radical (unpaired) electrons. The summed E-state index contributed by atoms with van der Waals surface area (Å²) in [6.07, 6.45) is 1.68. The van der Waals surface area contributed by atoms with E-state index < -0.39 is 24.4 Å². The van der Waals surface area contributed by atoms with Gasteiger partial charge in [0.15, 0.2) is 6.61 Å². The van der Waals surface area contributed by atoms with Crippen LogP contribution in [0.1, 0.15) is 11.1 Å². The Hall–Kier alpha value is -2.88. The number of thioether (sulfide) groups is 1. The Morgan fingerprint density at radius 2 is 1.94 bits per heavy atom. The van der Waals surface area contributed by atoms with Gasteiger partial charge in [0.25, 0.3) is 11.8 Å². The number of halogens is 1. The van der Waals surface area contributed by atoms with E-state index in [1.807, 2.05) is 6.92 Å². The summed E-state index contributed by atoms with van der Waals surface area (Å²) in [4.78, 5) is 38.4. The highest BCUT2D eigenvalue weighted by molar-refractivity contribution is 8.26. The van der Waals surface area contributed by atoms with E-state index in [0.717, 1.165) is 27.8 Å². The van der Waals surface area contributed by atoms with Crippen molar-refractivity contribution in [2.75, 3.05) is 25.6 Å². The minimum atomic E-state index is -0.753. The second-order valence-electron chi connectivity index (χ2n) is 6.73. The summed E-state index contributed by atoms with van der Waals surface area (Å²) in [6.45, 7) is 0.974. The van der Waals surface area contributed by atoms with Crippen molar-refractivity contribution < 1.29 is 23.9 Å². The lowest BCUT2D eigenvalue weighted by atomic mass is 10.2. The molecule has 166 valence electrons. The lowest BCUT2D eigenvalue weighted by Crippen LogP contribution is -2.35. The van der Waals surface area contributed by atoms with Crippen molar-refractivity contribution in [2.24, 2.45) is 0 Å². The average molecular weight is 491 g/mol. The number of hydrogen-bond acceptors (Lipinski definition) is 7. The number of methoxy groups -OCH3 is 1. The molecule has 0 unspecified atom stereocenters. The molecular formula is C22H19ClN2O5S2. The molecule has 0 aliphatic carbocycles. The van der Waals surface area contributed by atoms with Gasteiger partial charge in [-0.3, -0.25) is 19.3 Å². The first-order chi connectivity index (χ1) is 15.3. The summed E-state index contributed by atoms with van der Waals surface area (Å²) in [5.74, 6) is -0.999. The highest BCUT2D eigenvalue weighted by atomic mass is 35.5. The minimum absolute atomic E-state index is 0.239. The molecule has 1 heterocycles. The first-order valence-corrected chi connectivity index (χ1v) is 11.0. The number of carbonyl (C=O) groups is 3. The van der Waals surface area contributed by atoms with Gasteiger partial charge in [-0.25, -0.2) is 0 Å². The minimum Gasteiger partial charge on any atom is -0.497 e. The molecule has 10 heteroatoms. The molecule has 0 saturated carbocycles. The molecule has 1 fully saturated rings. The van der Waals surface area contributed by atoms with Crippen LogP contribution in [0.2, 0.25) is 5.02 Å². The molecule has 2 amide bonds. The van der Waals surface area contributed by atoms with Crippen LogP contribution < -0.4 is 10.1 Å². The molecule has 0 spiro atoms. The molecule has 2 aromatic carbocycles. The zero-order valence-corrected chi connectivity index (χ0v) is 19.6. The summed E-state index contributed by atoms with van der Waals surface area (Å²) in [5, 5.41) is 2.95. The Morgan fingerprint density at radius 1 is 1.22 bits per heavy atom. The van der Waals surface area contributed by atoms with Crippen LogP contribution in [0.25, 0.3) is 6.08 Å². The van der Waals surface area contributed by atoms with Crippen LogP contribution in [0.3, 0.4) is 0 Å². The van der Waals surface area contributed by atoms with Gasteiger partial charge in [0, 0.05) is 0 Å². The fraction of sp³-hybridized carbons (Fsp3) is 0.182. The fourth-order valence-corrected chi connectivity index (χ4v) is 4.25. The highest BCUT2D eigenvalue weighted by Gasteiger charge is 2.33. The van der Waals surface area contributed by atoms with Crippen LogP contribution in [0, 0.1) is 6.92 Å². The Balaban J connectivity index is 1.54. The van der Waals surface area contributed by atoms with Crippen LogP contribution >= 0.6 is 35.6 Å². The SMILES string of the molecule is COc1ccc(/C=C2\SC(=S)N(CC(=O)OCC(=O)Nc3ccc(C)cc3Cl)C2=O)cc1. The van der Waals surface area contributed by atoms with Crippen molar-refractivity contribution in [2.45, 2.75) is 6.92 Å². The van der Waals surface area contributed by atoms with Gasteiger partial charge in [0.2, 0.25) is 0 Å². The van der Waals surface area contributed by atoms with E-state index in [0.29, 0.717) is 21.4 Å². The number of nitrogens with zero attached hydrogens (tertiary/aromatic N) is 1. The zero-order chi connectivity index (χ0) is 23.3. The van der Waals surface area contributed by atoms with Gasteiger partial charge in [0.1, 0.15) is 16.6 Å². The largest absolute Gasteiger partial charge is 0.497 e. The lowest BCUT2D eigenvalue weighted by Gasteiger charge is -2.13. The van der Waals surface area contributed by atoms with E-state index >= 15 is 0 Å². The van der Waals surface area contributed by atoms with Crippen molar-refractivity contribution in [3.63, 3.8) is 0 Å². The molecule has 2 aromatic rings. The summed E-state index contributed by atoms with van der Waals surface area (Å²) in [5.41, 5.74) is 2.16. The fourth-order valence-electron chi connectivity index (χ4n) is 2.72. The maximum atomic E-state index is 12.6. The first kappa shape index (κ1) is 23.8. The summed E-state index contributed by atoms with van der Waals surface area (Å²) < 4.78 is 10.3. The third-order valence-corrected chi connectivity index (χ3v) is 6.03. The number of nitrogens with one attached hydrogen (secondary N) is 1. The van der Waals surface area contributed by atoms with Gasteiger partial charge in [-0.05, 0) is 48.4 Å². The molecule has 0 bridgehead atoms. The van der Waals surface area contributed by atoms with Gasteiger partial charge in [-0.1, -0.05) is 53.8 Å². The van der Waals surface area contributed by atoms with Crippen LogP contribution in [-0.4, -0.2) is 47.3 Å². The van der Waals surface area contributed by atoms with Gasteiger partial charge >= 0.3 is 5.97 Å². The molecule has 7 nitrogen and oxygen atoms in total. The van der Waals surface area contributed by atoms with E-state index in [4.69, 9.17) is 33.3 Å². The van der Waals surface area contributed by atoms with Gasteiger partial charge in [-0.15, -0.1) is 0 Å². The van der Waals surface area contributed by atoms with Crippen LogP contribution in [0.5, 0.6) is 5.75 Å². The smallest absolute Gasteiger partial charge is 0.326 e. The van der Waals surface area contributed by atoms with Crippen molar-refractivity contribution in [3.8, 4) is 5.75 Å². The van der Waals surface area contributed by atoms with Crippen LogP contribution in [0.15, 0.2) is 47.4 Å². The van der Waals surface area contributed by atoms with E-state index in [1.54, 1.807) is 55.7 Å². The van der Waals surface area contributed by atoms with Crippen molar-refractivity contribution in [3.05, 3.63) is 63.5 Å². The summed E-state index contributed by atoms with van der Waals surface area (Å²) >= 11 is 12.4. The maximum absolute atomic E-state index is 12.6. The molecule has 1 N–H and O–H groups in total. The van der Waals surface area contributed by atoms with Gasteiger partial charge in [0.05, 0.1) is 22.7 Å². The third kappa shape index (κ3) is 6.09. The van der Waals surface area contributed by atoms with Gasteiger partial charge in [-0.2, -0.15) is 0 Å². The zero-order valence-electron chi connectivity index (χ0n) is 17.2. The molecule has 1 aliphatic rings. The lowest BCUT2D eigenvalue weighted by molar-refractivity contribution is -0.148. The highest BCUT2D eigenvalue weighted by Crippen LogP contribution is 2.32. The van der Waals surface area contributed by atoms with Gasteiger partial charge < -0.3 is 14.8 Å². The number of esters is 1. The molecular weight excluding hydrogens is 472 g/mol. The number of hydrogen-bond donors (Lipinski definition) is 1. The van der Waals surface area contributed by atoms with Crippen LogP contribution in [-0.2, 0) is 19.1 Å². The number of anilines is 1. The number of carbonyl (C=O) groups excluding carboxylic acids is 3. The number of ether oxygens (including phenoxy) is 2. The molecule has 3 rings (SSSR count). The van der Waals surface area contributed by atoms with Crippen molar-refractivity contribution >= 4 is 69.4 Å². The van der Waals surface area contributed by atoms with E-state index in [2.05, 4.69) is 5.32 Å². The molecule has 32 heavy (non-hydrogen) atoms. The quantitative estimate of drug-likeness (QED) is 0.356. The standard InChI is InChI=1S/C22H19ClN2O5S2/c1-13-3-8-17(16(23)9-13)24-19(26)12-30-20(27)11-25-21(28)18(32-22(25)31)10-14-4-6-15(29-2)7-5-14/h3-10H,11-12H2,1-2H3,(H,24,26)/b18-10-.